The van der Waals surface area contributed by atoms with E-state index < -0.39 is 17.4 Å². The Morgan fingerprint density at radius 2 is 1.88 bits per heavy atom. The molecule has 266 valence electrons. The van der Waals surface area contributed by atoms with Gasteiger partial charge in [0.2, 0.25) is 0 Å². The summed E-state index contributed by atoms with van der Waals surface area (Å²) in [6.07, 6.45) is 9.51. The smallest absolute Gasteiger partial charge is 0.307 e. The van der Waals surface area contributed by atoms with Gasteiger partial charge in [0.25, 0.3) is 5.82 Å². The molecule has 1 saturated heterocycles. The van der Waals surface area contributed by atoms with Crippen molar-refractivity contribution in [3.63, 3.8) is 0 Å². The van der Waals surface area contributed by atoms with Gasteiger partial charge in [0, 0.05) is 16.4 Å². The van der Waals surface area contributed by atoms with Gasteiger partial charge in [-0.25, -0.2) is 9.67 Å². The molecule has 2 heterocycles. The number of hydrogen-bond donors (Lipinski definition) is 2. The van der Waals surface area contributed by atoms with Crippen molar-refractivity contribution in [2.75, 3.05) is 19.8 Å². The summed E-state index contributed by atoms with van der Waals surface area (Å²) < 4.78 is 15.5. The number of carboxylic acid groups (broad SMARTS) is 1. The second-order valence-electron chi connectivity index (χ2n) is 18.7. The molecule has 4 aliphatic carbocycles. The van der Waals surface area contributed by atoms with E-state index in [9.17, 15) is 15.2 Å². The number of fused-ring (bicyclic) bond motifs is 3. The van der Waals surface area contributed by atoms with Crippen LogP contribution in [0.25, 0.3) is 0 Å². The first kappa shape index (κ1) is 35.5. The molecule has 0 unspecified atom stereocenters. The zero-order valence-electron chi connectivity index (χ0n) is 31.2. The van der Waals surface area contributed by atoms with E-state index in [1.807, 2.05) is 4.68 Å². The Hall–Kier alpha value is -2.28. The number of aliphatic carboxylic acids is 1. The Kier molecular flexibility index (Phi) is 8.61. The van der Waals surface area contributed by atoms with Gasteiger partial charge in [0.1, 0.15) is 12.4 Å². The van der Waals surface area contributed by atoms with E-state index in [1.54, 1.807) is 6.33 Å². The van der Waals surface area contributed by atoms with Crippen LogP contribution in [0.2, 0.25) is 0 Å². The fourth-order valence-corrected chi connectivity index (χ4v) is 12.1. The number of nitrogens with zero attached hydrogens (tertiary/aromatic N) is 4. The summed E-state index contributed by atoms with van der Waals surface area (Å²) in [6.45, 7) is 24.0. The largest absolute Gasteiger partial charge is 0.481 e. The third-order valence-electron chi connectivity index (χ3n) is 15.9. The predicted octanol–water partition coefficient (Wildman–Crippen LogP) is 7.04. The van der Waals surface area contributed by atoms with Gasteiger partial charge in [-0.05, 0) is 91.3 Å². The highest BCUT2D eigenvalue weighted by Crippen LogP contribution is 2.75. The summed E-state index contributed by atoms with van der Waals surface area (Å²) in [5.74, 6) is 0.656. The molecule has 5 aliphatic rings. The van der Waals surface area contributed by atoms with Gasteiger partial charge in [-0.15, -0.1) is 5.10 Å². The number of nitriles is 1. The number of hydrogen-bond acceptors (Lipinski definition) is 7. The van der Waals surface area contributed by atoms with Crippen LogP contribution in [0.5, 0.6) is 0 Å². The predicted molar refractivity (Wildman–Crippen MR) is 185 cm³/mol. The molecule has 0 spiro atoms. The van der Waals surface area contributed by atoms with Gasteiger partial charge in [-0.3, -0.25) is 4.79 Å². The van der Waals surface area contributed by atoms with Crippen LogP contribution in [0, 0.1) is 73.9 Å². The molecule has 9 nitrogen and oxygen atoms in total. The number of carboxylic acids is 1. The molecule has 1 aromatic heterocycles. The summed E-state index contributed by atoms with van der Waals surface area (Å²) in [4.78, 5) is 17.8. The quantitative estimate of drug-likeness (QED) is 0.283. The van der Waals surface area contributed by atoms with Crippen molar-refractivity contribution in [2.45, 2.75) is 125 Å². The van der Waals surface area contributed by atoms with Crippen LogP contribution in [0.1, 0.15) is 120 Å². The molecular formula is C39H61N5O4. The number of rotatable bonds is 8. The second kappa shape index (κ2) is 11.6. The van der Waals surface area contributed by atoms with Gasteiger partial charge in [0.05, 0.1) is 37.9 Å². The first-order chi connectivity index (χ1) is 22.3. The number of ether oxygens (including phenoxy) is 2. The van der Waals surface area contributed by atoms with Crippen LogP contribution < -0.4 is 5.73 Å². The van der Waals surface area contributed by atoms with Crippen LogP contribution in [-0.4, -0.2) is 57.3 Å². The van der Waals surface area contributed by atoms with E-state index in [-0.39, 0.29) is 56.9 Å². The lowest BCUT2D eigenvalue weighted by molar-refractivity contribution is -0.252. The van der Waals surface area contributed by atoms with E-state index in [2.05, 4.69) is 91.5 Å². The lowest BCUT2D eigenvalue weighted by Crippen LogP contribution is -2.69. The molecule has 1 aromatic rings. The summed E-state index contributed by atoms with van der Waals surface area (Å²) in [7, 11) is 0. The van der Waals surface area contributed by atoms with E-state index in [4.69, 9.17) is 15.2 Å². The van der Waals surface area contributed by atoms with Crippen molar-refractivity contribution in [1.29, 1.82) is 5.26 Å². The summed E-state index contributed by atoms with van der Waals surface area (Å²) in [6, 6.07) is 1.97. The van der Waals surface area contributed by atoms with E-state index >= 15 is 0 Å². The normalized spacial score (nSPS) is 44.1. The Morgan fingerprint density at radius 3 is 2.48 bits per heavy atom. The molecule has 3 saturated carbocycles. The molecule has 6 rings (SSSR count). The van der Waals surface area contributed by atoms with Crippen LogP contribution >= 0.6 is 0 Å². The van der Waals surface area contributed by atoms with E-state index in [0.717, 1.165) is 38.5 Å². The van der Waals surface area contributed by atoms with Crippen LogP contribution in [-0.2, 0) is 14.3 Å². The molecule has 3 N–H and O–H groups in total. The maximum Gasteiger partial charge on any atom is 0.307 e. The van der Waals surface area contributed by atoms with Crippen LogP contribution in [0.4, 0.5) is 0 Å². The Morgan fingerprint density at radius 1 is 1.17 bits per heavy atom. The van der Waals surface area contributed by atoms with Crippen LogP contribution in [0.3, 0.4) is 0 Å². The topological polar surface area (TPSA) is 136 Å². The first-order valence-corrected chi connectivity index (χ1v) is 18.6. The van der Waals surface area contributed by atoms with Crippen molar-refractivity contribution >= 4 is 5.97 Å². The average Bonchev–Trinajstić information content (AvgIpc) is 3.49. The van der Waals surface area contributed by atoms with Gasteiger partial charge in [-0.1, -0.05) is 74.0 Å². The molecule has 0 radical (unpaired) electrons. The van der Waals surface area contributed by atoms with Crippen molar-refractivity contribution in [3.05, 3.63) is 23.8 Å². The Labute approximate surface area is 288 Å². The third kappa shape index (κ3) is 4.82. The zero-order chi connectivity index (χ0) is 35.2. The minimum absolute atomic E-state index is 0.151. The fraction of sp³-hybridized carbons (Fsp3) is 0.846. The summed E-state index contributed by atoms with van der Waals surface area (Å²) in [5.41, 5.74) is 6.37. The Bertz CT molecular complexity index is 1490. The average molecular weight is 664 g/mol. The highest BCUT2D eigenvalue weighted by atomic mass is 16.5. The monoisotopic (exact) mass is 663 g/mol. The van der Waals surface area contributed by atoms with E-state index in [1.165, 1.54) is 5.57 Å². The highest BCUT2D eigenvalue weighted by Gasteiger charge is 2.72. The van der Waals surface area contributed by atoms with Crippen molar-refractivity contribution in [3.8, 4) is 6.07 Å². The summed E-state index contributed by atoms with van der Waals surface area (Å²) in [5, 5.41) is 25.3. The van der Waals surface area contributed by atoms with Crippen molar-refractivity contribution in [2.24, 2.45) is 68.3 Å². The fourth-order valence-electron chi connectivity index (χ4n) is 12.1. The number of carbonyl (C=O) groups is 1. The highest BCUT2D eigenvalue weighted by molar-refractivity contribution is 5.73. The molecular weight excluding hydrogens is 602 g/mol. The number of aromatic nitrogens is 3. The minimum atomic E-state index is -0.638. The Balaban J connectivity index is 1.45. The number of nitrogens with two attached hydrogens (primary N) is 1. The van der Waals surface area contributed by atoms with E-state index in [0.29, 0.717) is 37.6 Å². The second-order valence-corrected chi connectivity index (χ2v) is 18.7. The van der Waals surface area contributed by atoms with Crippen LogP contribution in [0.15, 0.2) is 18.0 Å². The molecule has 4 fully saturated rings. The zero-order valence-corrected chi connectivity index (χ0v) is 31.2. The molecule has 9 heteroatoms. The lowest BCUT2D eigenvalue weighted by Gasteiger charge is -2.71. The van der Waals surface area contributed by atoms with Gasteiger partial charge < -0.3 is 20.3 Å². The molecule has 48 heavy (non-hydrogen) atoms. The first-order valence-electron chi connectivity index (χ1n) is 18.6. The van der Waals surface area contributed by atoms with Crippen molar-refractivity contribution < 1.29 is 19.4 Å². The van der Waals surface area contributed by atoms with Gasteiger partial charge in [-0.2, -0.15) is 5.26 Å². The maximum atomic E-state index is 13.4. The SMILES string of the molecule is CC(C)[C@@H](C)[C@@]1(C)CC[C@]2(C)[C@H]3CC[C@@H]4[C@@]5(COC[C@@]4(C)[C@@H](OC[C@](C)(N)C(C)C)[C@H](n4cnc(C#N)n4)C5)C3=CC[C@@]2(C)[C@@H]1C(=O)O. The minimum Gasteiger partial charge on any atom is -0.481 e. The standard InChI is InChI=1S/C39H61N5O4/c1-23(2)25(5)34(6)15-16-36(8)26-11-12-29-35(7)19-47-21-39(29,27(26)13-14-37(36,9)31(34)33(45)46)17-28(44-22-42-30(18-40)43-44)32(35)48-20-38(10,41)24(3)4/h13,22-26,28-29,31-32H,11-12,14-17,19-21,41H2,1-10H3,(H,45,46)/t25-,26+,28-,29+,31-,32+,34-,35-,36-,37+,38+,39+/m1/s1. The molecule has 1 aliphatic heterocycles. The van der Waals surface area contributed by atoms with Crippen molar-refractivity contribution in [1.82, 2.24) is 14.8 Å². The molecule has 2 bridgehead atoms. The maximum absolute atomic E-state index is 13.4. The molecule has 0 amide bonds. The third-order valence-corrected chi connectivity index (χ3v) is 15.9. The lowest BCUT2D eigenvalue weighted by atomic mass is 9.34. The van der Waals surface area contributed by atoms with Gasteiger partial charge in [0.15, 0.2) is 0 Å². The van der Waals surface area contributed by atoms with Gasteiger partial charge >= 0.3 is 5.97 Å². The molecule has 12 atom stereocenters. The summed E-state index contributed by atoms with van der Waals surface area (Å²) >= 11 is 0. The molecule has 0 aromatic carbocycles. The number of allylic oxidation sites excluding steroid dienone is 1.